The number of benzene rings is 1. The molecule has 2 aromatic heterocycles. The van der Waals surface area contributed by atoms with Crippen LogP contribution in [0.4, 0.5) is 0 Å². The van der Waals surface area contributed by atoms with Crippen molar-refractivity contribution in [2.45, 2.75) is 6.92 Å². The highest BCUT2D eigenvalue weighted by Gasteiger charge is 2.07. The average molecular weight is 268 g/mol. The lowest BCUT2D eigenvalue weighted by Gasteiger charge is -2.03. The Morgan fingerprint density at radius 3 is 2.58 bits per heavy atom. The zero-order chi connectivity index (χ0) is 13.2. The Hall–Kier alpha value is -2.20. The molecule has 2 heterocycles. The quantitative estimate of drug-likeness (QED) is 0.773. The lowest BCUT2D eigenvalue weighted by atomic mass is 10.2. The van der Waals surface area contributed by atoms with Crippen molar-refractivity contribution in [1.82, 2.24) is 9.97 Å². The van der Waals surface area contributed by atoms with E-state index in [0.717, 1.165) is 11.1 Å². The minimum atomic E-state index is -0.132. The summed E-state index contributed by atoms with van der Waals surface area (Å²) in [6.45, 7) is 2.04. The van der Waals surface area contributed by atoms with Crippen molar-refractivity contribution < 1.29 is 0 Å². The molecule has 3 nitrogen and oxygen atoms in total. The van der Waals surface area contributed by atoms with Crippen molar-refractivity contribution in [1.29, 1.82) is 0 Å². The number of rotatable bonds is 2. The molecule has 0 saturated carbocycles. The summed E-state index contributed by atoms with van der Waals surface area (Å²) in [5.41, 5.74) is 2.49. The van der Waals surface area contributed by atoms with Crippen LogP contribution < -0.4 is 5.56 Å². The van der Waals surface area contributed by atoms with Gasteiger partial charge < -0.3 is 4.98 Å². The molecule has 3 rings (SSSR count). The highest BCUT2D eigenvalue weighted by Crippen LogP contribution is 2.24. The summed E-state index contributed by atoms with van der Waals surface area (Å²) in [6.07, 6.45) is 0. The predicted molar refractivity (Wildman–Crippen MR) is 78.3 cm³/mol. The number of aromatic nitrogens is 2. The molecule has 1 N–H and O–H groups in total. The third-order valence-electron chi connectivity index (χ3n) is 2.82. The molecular weight excluding hydrogens is 256 g/mol. The minimum absolute atomic E-state index is 0.132. The van der Waals surface area contributed by atoms with Gasteiger partial charge >= 0.3 is 0 Å². The highest BCUT2D eigenvalue weighted by atomic mass is 32.1. The van der Waals surface area contributed by atoms with Gasteiger partial charge in [0, 0.05) is 27.5 Å². The second-order valence-corrected chi connectivity index (χ2v) is 5.41. The van der Waals surface area contributed by atoms with E-state index < -0.39 is 0 Å². The van der Waals surface area contributed by atoms with Crippen molar-refractivity contribution in [3.05, 3.63) is 63.1 Å². The van der Waals surface area contributed by atoms with Gasteiger partial charge in [0.1, 0.15) is 5.82 Å². The highest BCUT2D eigenvalue weighted by molar-refractivity contribution is 7.10. The topological polar surface area (TPSA) is 45.8 Å². The van der Waals surface area contributed by atoms with Gasteiger partial charge in [-0.05, 0) is 13.0 Å². The fourth-order valence-electron chi connectivity index (χ4n) is 1.92. The van der Waals surface area contributed by atoms with Gasteiger partial charge in [0.15, 0.2) is 0 Å². The standard InChI is InChI=1S/C15H12N2OS/c1-10-7-12(9-19-10)13-8-14(18)17-15(16-13)11-5-3-2-4-6-11/h2-9H,1H3,(H,16,17,18). The Balaban J connectivity index is 2.14. The van der Waals surface area contributed by atoms with E-state index in [1.165, 1.54) is 10.9 Å². The Bertz CT molecular complexity index is 759. The molecule has 0 atom stereocenters. The van der Waals surface area contributed by atoms with Crippen molar-refractivity contribution in [2.75, 3.05) is 0 Å². The molecule has 0 saturated heterocycles. The van der Waals surface area contributed by atoms with Crippen LogP contribution in [0, 0.1) is 6.92 Å². The molecule has 0 aliphatic heterocycles. The number of thiophene rings is 1. The lowest BCUT2D eigenvalue weighted by Crippen LogP contribution is -2.08. The van der Waals surface area contributed by atoms with Crippen LogP contribution in [-0.2, 0) is 0 Å². The van der Waals surface area contributed by atoms with Gasteiger partial charge in [0.05, 0.1) is 5.69 Å². The van der Waals surface area contributed by atoms with Gasteiger partial charge in [0.2, 0.25) is 0 Å². The summed E-state index contributed by atoms with van der Waals surface area (Å²) < 4.78 is 0. The number of aryl methyl sites for hydroxylation is 1. The molecule has 0 spiro atoms. The first-order chi connectivity index (χ1) is 9.22. The van der Waals surface area contributed by atoms with Crippen LogP contribution in [-0.4, -0.2) is 9.97 Å². The summed E-state index contributed by atoms with van der Waals surface area (Å²) in [5.74, 6) is 0.604. The Labute approximate surface area is 114 Å². The molecule has 0 amide bonds. The third-order valence-corrected chi connectivity index (χ3v) is 3.68. The van der Waals surface area contributed by atoms with Crippen LogP contribution in [0.2, 0.25) is 0 Å². The van der Waals surface area contributed by atoms with Crippen LogP contribution in [0.15, 0.2) is 52.6 Å². The summed E-state index contributed by atoms with van der Waals surface area (Å²) in [4.78, 5) is 20.3. The molecule has 0 unspecified atom stereocenters. The van der Waals surface area contributed by atoms with Crippen molar-refractivity contribution in [3.63, 3.8) is 0 Å². The first kappa shape index (κ1) is 11.9. The number of hydrogen-bond donors (Lipinski definition) is 1. The number of H-pyrrole nitrogens is 1. The van der Waals surface area contributed by atoms with Crippen molar-refractivity contribution >= 4 is 11.3 Å². The van der Waals surface area contributed by atoms with Crippen molar-refractivity contribution in [2.24, 2.45) is 0 Å². The lowest BCUT2D eigenvalue weighted by molar-refractivity contribution is 1.13. The molecular formula is C15H12N2OS. The molecule has 19 heavy (non-hydrogen) atoms. The average Bonchev–Trinajstić information content (AvgIpc) is 2.86. The zero-order valence-electron chi connectivity index (χ0n) is 10.4. The molecule has 0 bridgehead atoms. The van der Waals surface area contributed by atoms with Crippen LogP contribution >= 0.6 is 11.3 Å². The van der Waals surface area contributed by atoms with E-state index in [0.29, 0.717) is 11.5 Å². The maximum Gasteiger partial charge on any atom is 0.251 e. The number of nitrogens with zero attached hydrogens (tertiary/aromatic N) is 1. The largest absolute Gasteiger partial charge is 0.306 e. The maximum atomic E-state index is 11.8. The van der Waals surface area contributed by atoms with Gasteiger partial charge in [0.25, 0.3) is 5.56 Å². The molecule has 3 aromatic rings. The monoisotopic (exact) mass is 268 g/mol. The second-order valence-electron chi connectivity index (χ2n) is 4.29. The van der Waals surface area contributed by atoms with Crippen LogP contribution in [0.1, 0.15) is 4.88 Å². The smallest absolute Gasteiger partial charge is 0.251 e. The van der Waals surface area contributed by atoms with E-state index in [1.54, 1.807) is 11.3 Å². The predicted octanol–water partition coefficient (Wildman–Crippen LogP) is 3.47. The molecule has 0 aliphatic rings. The summed E-state index contributed by atoms with van der Waals surface area (Å²) in [7, 11) is 0. The zero-order valence-corrected chi connectivity index (χ0v) is 11.2. The third kappa shape index (κ3) is 2.48. The number of nitrogens with one attached hydrogen (secondary N) is 1. The second kappa shape index (κ2) is 4.82. The van der Waals surface area contributed by atoms with Crippen molar-refractivity contribution in [3.8, 4) is 22.6 Å². The van der Waals surface area contributed by atoms with Crippen LogP contribution in [0.25, 0.3) is 22.6 Å². The van der Waals surface area contributed by atoms with E-state index in [2.05, 4.69) is 9.97 Å². The normalized spacial score (nSPS) is 10.6. The first-order valence-corrected chi connectivity index (χ1v) is 6.82. The molecule has 0 aliphatic carbocycles. The Kier molecular flexibility index (Phi) is 3.01. The van der Waals surface area contributed by atoms with Gasteiger partial charge in [-0.3, -0.25) is 4.79 Å². The van der Waals surface area contributed by atoms with Crippen LogP contribution in [0.3, 0.4) is 0 Å². The maximum absolute atomic E-state index is 11.8. The molecule has 1 aromatic carbocycles. The summed E-state index contributed by atoms with van der Waals surface area (Å²) in [5, 5.41) is 2.02. The first-order valence-electron chi connectivity index (χ1n) is 5.95. The van der Waals surface area contributed by atoms with Gasteiger partial charge in [-0.2, -0.15) is 0 Å². The number of aromatic amines is 1. The van der Waals surface area contributed by atoms with E-state index in [4.69, 9.17) is 0 Å². The summed E-state index contributed by atoms with van der Waals surface area (Å²) >= 11 is 1.65. The molecule has 0 radical (unpaired) electrons. The fourth-order valence-corrected chi connectivity index (χ4v) is 2.61. The van der Waals surface area contributed by atoms with E-state index >= 15 is 0 Å². The van der Waals surface area contributed by atoms with E-state index in [9.17, 15) is 4.79 Å². The molecule has 94 valence electrons. The minimum Gasteiger partial charge on any atom is -0.306 e. The molecule has 4 heteroatoms. The van der Waals surface area contributed by atoms with Gasteiger partial charge in [-0.25, -0.2) is 4.98 Å². The SMILES string of the molecule is Cc1cc(-c2cc(=O)[nH]c(-c3ccccc3)n2)cs1. The van der Waals surface area contributed by atoms with Gasteiger partial charge in [-0.1, -0.05) is 30.3 Å². The Morgan fingerprint density at radius 2 is 1.89 bits per heavy atom. The molecule has 0 fully saturated rings. The Morgan fingerprint density at radius 1 is 1.11 bits per heavy atom. The van der Waals surface area contributed by atoms with E-state index in [-0.39, 0.29) is 5.56 Å². The number of hydrogen-bond acceptors (Lipinski definition) is 3. The summed E-state index contributed by atoms with van der Waals surface area (Å²) in [6, 6.07) is 13.2. The van der Waals surface area contributed by atoms with E-state index in [1.807, 2.05) is 48.7 Å². The fraction of sp³-hybridized carbons (Fsp3) is 0.0667. The van der Waals surface area contributed by atoms with Gasteiger partial charge in [-0.15, -0.1) is 11.3 Å². The van der Waals surface area contributed by atoms with Crippen LogP contribution in [0.5, 0.6) is 0 Å².